The lowest BCUT2D eigenvalue weighted by atomic mass is 10.1. The number of nitrogens with one attached hydrogen (secondary N) is 2. The van der Waals surface area contributed by atoms with E-state index in [-0.39, 0.29) is 30.1 Å². The van der Waals surface area contributed by atoms with Gasteiger partial charge in [-0.3, -0.25) is 14.5 Å². The summed E-state index contributed by atoms with van der Waals surface area (Å²) in [6.07, 6.45) is 0.916. The summed E-state index contributed by atoms with van der Waals surface area (Å²) < 4.78 is 12.9. The van der Waals surface area contributed by atoms with E-state index in [0.717, 1.165) is 19.5 Å². The van der Waals surface area contributed by atoms with Crippen molar-refractivity contribution in [2.24, 2.45) is 5.92 Å². The second-order valence-electron chi connectivity index (χ2n) is 6.35. The molecule has 2 saturated heterocycles. The van der Waals surface area contributed by atoms with Crippen LogP contribution < -0.4 is 10.6 Å². The number of hydrogen-bond acceptors (Lipinski definition) is 4. The van der Waals surface area contributed by atoms with Gasteiger partial charge >= 0.3 is 0 Å². The number of carbonyl (C=O) groups is 2. The minimum atomic E-state index is -0.328. The van der Waals surface area contributed by atoms with Crippen molar-refractivity contribution < 1.29 is 14.0 Å². The van der Waals surface area contributed by atoms with Gasteiger partial charge in [-0.15, -0.1) is 0 Å². The van der Waals surface area contributed by atoms with Gasteiger partial charge in [0.1, 0.15) is 5.82 Å². The van der Waals surface area contributed by atoms with Crippen LogP contribution in [0.5, 0.6) is 0 Å². The number of amides is 2. The second kappa shape index (κ2) is 7.72. The molecule has 1 unspecified atom stereocenters. The molecule has 2 aliphatic heterocycles. The van der Waals surface area contributed by atoms with E-state index in [1.54, 1.807) is 12.1 Å². The molecule has 0 aliphatic carbocycles. The van der Waals surface area contributed by atoms with Crippen LogP contribution in [0.2, 0.25) is 0 Å². The largest absolute Gasteiger partial charge is 0.340 e. The van der Waals surface area contributed by atoms with Crippen molar-refractivity contribution in [2.75, 3.05) is 51.1 Å². The van der Waals surface area contributed by atoms with Crippen LogP contribution in [0.1, 0.15) is 6.42 Å². The van der Waals surface area contributed by atoms with E-state index in [1.165, 1.54) is 12.1 Å². The Morgan fingerprint density at radius 1 is 1.17 bits per heavy atom. The van der Waals surface area contributed by atoms with Crippen LogP contribution in [0, 0.1) is 11.7 Å². The van der Waals surface area contributed by atoms with E-state index in [9.17, 15) is 14.0 Å². The summed E-state index contributed by atoms with van der Waals surface area (Å²) >= 11 is 0. The normalized spacial score (nSPS) is 21.7. The lowest BCUT2D eigenvalue weighted by Crippen LogP contribution is -2.52. The van der Waals surface area contributed by atoms with Gasteiger partial charge in [-0.2, -0.15) is 0 Å². The number of rotatable bonds is 4. The fraction of sp³-hybridized carbons (Fsp3) is 0.529. The van der Waals surface area contributed by atoms with Crippen LogP contribution in [0.4, 0.5) is 10.1 Å². The Morgan fingerprint density at radius 2 is 1.88 bits per heavy atom. The van der Waals surface area contributed by atoms with E-state index in [0.29, 0.717) is 31.9 Å². The summed E-state index contributed by atoms with van der Waals surface area (Å²) in [5.41, 5.74) is 0.587. The molecule has 0 saturated carbocycles. The topological polar surface area (TPSA) is 64.7 Å². The zero-order valence-electron chi connectivity index (χ0n) is 13.6. The van der Waals surface area contributed by atoms with Gasteiger partial charge in [0.15, 0.2) is 0 Å². The van der Waals surface area contributed by atoms with Gasteiger partial charge < -0.3 is 15.5 Å². The van der Waals surface area contributed by atoms with Gasteiger partial charge in [0.25, 0.3) is 0 Å². The molecule has 2 amide bonds. The first-order chi connectivity index (χ1) is 11.6. The summed E-state index contributed by atoms with van der Waals surface area (Å²) in [6.45, 7) is 4.70. The first-order valence-corrected chi connectivity index (χ1v) is 8.39. The monoisotopic (exact) mass is 334 g/mol. The molecule has 6 nitrogen and oxygen atoms in total. The minimum absolute atomic E-state index is 0.110. The summed E-state index contributed by atoms with van der Waals surface area (Å²) in [5, 5.41) is 5.98. The van der Waals surface area contributed by atoms with Crippen LogP contribution >= 0.6 is 0 Å². The van der Waals surface area contributed by atoms with Crippen molar-refractivity contribution in [3.63, 3.8) is 0 Å². The Bertz CT molecular complexity index is 579. The van der Waals surface area contributed by atoms with Gasteiger partial charge in [0.2, 0.25) is 11.8 Å². The summed E-state index contributed by atoms with van der Waals surface area (Å²) in [7, 11) is 0. The highest BCUT2D eigenvalue weighted by atomic mass is 19.1. The zero-order valence-corrected chi connectivity index (χ0v) is 13.6. The number of hydrogen-bond donors (Lipinski definition) is 2. The van der Waals surface area contributed by atoms with Crippen molar-refractivity contribution >= 4 is 17.5 Å². The van der Waals surface area contributed by atoms with Gasteiger partial charge in [0.05, 0.1) is 12.5 Å². The van der Waals surface area contributed by atoms with Crippen molar-refractivity contribution in [2.45, 2.75) is 6.42 Å². The lowest BCUT2D eigenvalue weighted by molar-refractivity contribution is -0.136. The van der Waals surface area contributed by atoms with Gasteiger partial charge in [-0.1, -0.05) is 0 Å². The molecule has 0 bridgehead atoms. The van der Waals surface area contributed by atoms with Crippen LogP contribution in [-0.4, -0.2) is 67.4 Å². The quantitative estimate of drug-likeness (QED) is 0.843. The summed E-state index contributed by atoms with van der Waals surface area (Å²) in [4.78, 5) is 28.4. The molecule has 0 radical (unpaired) electrons. The molecule has 1 aromatic carbocycles. The van der Waals surface area contributed by atoms with E-state index < -0.39 is 0 Å². The number of benzene rings is 1. The number of carbonyl (C=O) groups excluding carboxylic acids is 2. The average molecular weight is 334 g/mol. The van der Waals surface area contributed by atoms with E-state index in [1.807, 2.05) is 9.80 Å². The highest BCUT2D eigenvalue weighted by Gasteiger charge is 2.29. The lowest BCUT2D eigenvalue weighted by Gasteiger charge is -2.35. The summed E-state index contributed by atoms with van der Waals surface area (Å²) in [5.74, 6) is -0.110. The third kappa shape index (κ3) is 4.30. The fourth-order valence-electron chi connectivity index (χ4n) is 3.19. The molecule has 2 fully saturated rings. The molecule has 3 rings (SSSR count). The smallest absolute Gasteiger partial charge is 0.238 e. The number of halogens is 1. The minimum Gasteiger partial charge on any atom is -0.340 e. The molecule has 1 aromatic rings. The Labute approximate surface area is 141 Å². The van der Waals surface area contributed by atoms with Gasteiger partial charge in [0, 0.05) is 38.4 Å². The maximum absolute atomic E-state index is 12.9. The molecule has 7 heteroatoms. The fourth-order valence-corrected chi connectivity index (χ4v) is 3.19. The molecule has 0 aromatic heterocycles. The molecule has 24 heavy (non-hydrogen) atoms. The van der Waals surface area contributed by atoms with Crippen molar-refractivity contribution in [1.29, 1.82) is 0 Å². The average Bonchev–Trinajstić information content (AvgIpc) is 3.11. The summed E-state index contributed by atoms with van der Waals surface area (Å²) in [6, 6.07) is 5.72. The van der Waals surface area contributed by atoms with E-state index in [2.05, 4.69) is 10.6 Å². The number of piperazine rings is 1. The van der Waals surface area contributed by atoms with Crippen LogP contribution in [0.15, 0.2) is 24.3 Å². The second-order valence-corrected chi connectivity index (χ2v) is 6.35. The van der Waals surface area contributed by atoms with Crippen LogP contribution in [0.25, 0.3) is 0 Å². The number of nitrogens with zero attached hydrogens (tertiary/aromatic N) is 2. The molecule has 2 aliphatic rings. The zero-order chi connectivity index (χ0) is 16.9. The molecular formula is C17H23FN4O2. The molecule has 130 valence electrons. The maximum Gasteiger partial charge on any atom is 0.238 e. The van der Waals surface area contributed by atoms with Crippen molar-refractivity contribution in [3.05, 3.63) is 30.1 Å². The predicted octanol–water partition coefficient (Wildman–Crippen LogP) is 0.518. The Kier molecular flexibility index (Phi) is 5.42. The molecular weight excluding hydrogens is 311 g/mol. The van der Waals surface area contributed by atoms with Crippen molar-refractivity contribution in [3.8, 4) is 0 Å². The first kappa shape index (κ1) is 16.9. The van der Waals surface area contributed by atoms with Crippen LogP contribution in [0.3, 0.4) is 0 Å². The molecule has 1 atom stereocenters. The van der Waals surface area contributed by atoms with Crippen LogP contribution in [-0.2, 0) is 9.59 Å². The Morgan fingerprint density at radius 3 is 2.50 bits per heavy atom. The third-order valence-corrected chi connectivity index (χ3v) is 4.59. The van der Waals surface area contributed by atoms with Gasteiger partial charge in [-0.25, -0.2) is 4.39 Å². The predicted molar refractivity (Wildman–Crippen MR) is 89.0 cm³/mol. The third-order valence-electron chi connectivity index (χ3n) is 4.59. The Hall–Kier alpha value is -1.99. The number of anilines is 1. The van der Waals surface area contributed by atoms with Gasteiger partial charge in [-0.05, 0) is 37.2 Å². The molecule has 0 spiro atoms. The highest BCUT2D eigenvalue weighted by Crippen LogP contribution is 2.14. The molecule has 2 heterocycles. The first-order valence-electron chi connectivity index (χ1n) is 8.39. The van der Waals surface area contributed by atoms with E-state index >= 15 is 0 Å². The highest BCUT2D eigenvalue weighted by molar-refractivity contribution is 5.92. The Balaban J connectivity index is 1.42. The van der Waals surface area contributed by atoms with Crippen molar-refractivity contribution in [1.82, 2.24) is 15.1 Å². The standard InChI is InChI=1S/C17H23FN4O2/c18-14-1-3-15(4-2-14)20-16(23)12-21-7-9-22(10-8-21)17(24)13-5-6-19-11-13/h1-4,13,19H,5-12H2,(H,20,23). The molecule has 2 N–H and O–H groups in total. The van der Waals surface area contributed by atoms with E-state index in [4.69, 9.17) is 0 Å². The maximum atomic E-state index is 12.9. The SMILES string of the molecule is O=C(CN1CCN(C(=O)C2CCNC2)CC1)Nc1ccc(F)cc1.